The first-order valence-corrected chi connectivity index (χ1v) is 7.18. The molecular weight excluding hydrogens is 212 g/mol. The van der Waals surface area contributed by atoms with Crippen LogP contribution in [0.15, 0.2) is 0 Å². The van der Waals surface area contributed by atoms with Gasteiger partial charge in [0, 0.05) is 30.6 Å². The van der Waals surface area contributed by atoms with E-state index >= 15 is 0 Å². The van der Waals surface area contributed by atoms with E-state index in [0.717, 1.165) is 25.8 Å². The molecule has 3 atom stereocenters. The first-order valence-electron chi connectivity index (χ1n) is 7.18. The minimum Gasteiger partial charge on any atom is -0.356 e. The summed E-state index contributed by atoms with van der Waals surface area (Å²) in [5, 5.41) is 3.06. The summed E-state index contributed by atoms with van der Waals surface area (Å²) >= 11 is 0. The average molecular weight is 238 g/mol. The van der Waals surface area contributed by atoms with Crippen molar-refractivity contribution < 1.29 is 4.79 Å². The third kappa shape index (κ3) is 2.65. The van der Waals surface area contributed by atoms with Gasteiger partial charge in [0.1, 0.15) is 0 Å². The molecule has 2 saturated heterocycles. The maximum Gasteiger partial charge on any atom is 0.223 e. The van der Waals surface area contributed by atoms with Gasteiger partial charge in [0.25, 0.3) is 0 Å². The highest BCUT2D eigenvalue weighted by Gasteiger charge is 2.43. The lowest BCUT2D eigenvalue weighted by Crippen LogP contribution is -2.49. The number of piperidine rings is 1. The van der Waals surface area contributed by atoms with Crippen molar-refractivity contribution in [3.8, 4) is 0 Å². The summed E-state index contributed by atoms with van der Waals surface area (Å²) in [7, 11) is 0. The van der Waals surface area contributed by atoms with E-state index in [2.05, 4.69) is 31.0 Å². The molecule has 0 spiro atoms. The summed E-state index contributed by atoms with van der Waals surface area (Å²) in [6, 6.07) is 1.95. The Labute approximate surface area is 105 Å². The molecule has 1 N–H and O–H groups in total. The number of hydrogen-bond acceptors (Lipinski definition) is 2. The first kappa shape index (κ1) is 12.9. The van der Waals surface area contributed by atoms with Crippen LogP contribution in [0.5, 0.6) is 0 Å². The van der Waals surface area contributed by atoms with Gasteiger partial charge in [-0.15, -0.1) is 0 Å². The molecule has 1 unspecified atom stereocenters. The van der Waals surface area contributed by atoms with Gasteiger partial charge in [0.2, 0.25) is 5.91 Å². The Morgan fingerprint density at radius 2 is 1.88 bits per heavy atom. The highest BCUT2D eigenvalue weighted by molar-refractivity contribution is 5.78. The van der Waals surface area contributed by atoms with Crippen molar-refractivity contribution in [2.45, 2.75) is 71.0 Å². The Kier molecular flexibility index (Phi) is 4.08. The number of hydrogen-bond donors (Lipinski definition) is 1. The van der Waals surface area contributed by atoms with E-state index in [4.69, 9.17) is 0 Å². The Morgan fingerprint density at radius 3 is 2.35 bits per heavy atom. The van der Waals surface area contributed by atoms with E-state index in [0.29, 0.717) is 24.0 Å². The summed E-state index contributed by atoms with van der Waals surface area (Å²) in [6.45, 7) is 7.50. The number of nitrogens with zero attached hydrogens (tertiary/aromatic N) is 1. The Balaban J connectivity index is 1.93. The molecule has 2 fully saturated rings. The second-order valence-corrected chi connectivity index (χ2v) is 5.89. The van der Waals surface area contributed by atoms with Crippen LogP contribution in [0.1, 0.15) is 52.9 Å². The van der Waals surface area contributed by atoms with Crippen LogP contribution in [-0.2, 0) is 4.79 Å². The average Bonchev–Trinajstić information content (AvgIpc) is 2.57. The second-order valence-electron chi connectivity index (χ2n) is 5.89. The van der Waals surface area contributed by atoms with Crippen LogP contribution in [0.3, 0.4) is 0 Å². The van der Waals surface area contributed by atoms with Crippen molar-refractivity contribution >= 4 is 5.91 Å². The molecule has 98 valence electrons. The zero-order valence-corrected chi connectivity index (χ0v) is 11.4. The molecule has 0 aliphatic carbocycles. The van der Waals surface area contributed by atoms with Crippen LogP contribution in [0, 0.1) is 5.92 Å². The topological polar surface area (TPSA) is 32.3 Å². The Bertz CT molecular complexity index is 263. The SMILES string of the molecule is CCCNC(=O)C1C[C@H]2CC[C@@H](C1)N2C(C)C. The van der Waals surface area contributed by atoms with E-state index in [1.54, 1.807) is 0 Å². The van der Waals surface area contributed by atoms with Crippen molar-refractivity contribution in [1.29, 1.82) is 0 Å². The van der Waals surface area contributed by atoms with Crippen molar-refractivity contribution in [3.63, 3.8) is 0 Å². The van der Waals surface area contributed by atoms with Gasteiger partial charge < -0.3 is 5.32 Å². The normalized spacial score (nSPS) is 33.1. The first-order chi connectivity index (χ1) is 8.13. The summed E-state index contributed by atoms with van der Waals surface area (Å²) in [5.41, 5.74) is 0. The Morgan fingerprint density at radius 1 is 1.29 bits per heavy atom. The zero-order valence-electron chi connectivity index (χ0n) is 11.4. The van der Waals surface area contributed by atoms with Gasteiger partial charge in [0.15, 0.2) is 0 Å². The lowest BCUT2D eigenvalue weighted by atomic mass is 9.89. The molecule has 2 bridgehead atoms. The van der Waals surface area contributed by atoms with Crippen LogP contribution in [0.4, 0.5) is 0 Å². The fraction of sp³-hybridized carbons (Fsp3) is 0.929. The van der Waals surface area contributed by atoms with E-state index in [9.17, 15) is 4.79 Å². The highest BCUT2D eigenvalue weighted by Crippen LogP contribution is 2.39. The fourth-order valence-corrected chi connectivity index (χ4v) is 3.66. The molecule has 3 nitrogen and oxygen atoms in total. The highest BCUT2D eigenvalue weighted by atomic mass is 16.1. The lowest BCUT2D eigenvalue weighted by Gasteiger charge is -2.41. The molecule has 2 aliphatic heterocycles. The zero-order chi connectivity index (χ0) is 12.4. The van der Waals surface area contributed by atoms with Crippen molar-refractivity contribution in [2.75, 3.05) is 6.54 Å². The third-order valence-electron chi connectivity index (χ3n) is 4.31. The number of fused-ring (bicyclic) bond motifs is 2. The molecule has 0 aromatic rings. The predicted molar refractivity (Wildman–Crippen MR) is 69.8 cm³/mol. The van der Waals surface area contributed by atoms with E-state index in [-0.39, 0.29) is 5.92 Å². The minimum absolute atomic E-state index is 0.272. The standard InChI is InChI=1S/C14H26N2O/c1-4-7-15-14(17)11-8-12-5-6-13(9-11)16(12)10(2)3/h10-13H,4-9H2,1-3H3,(H,15,17)/t11?,12-,13+. The summed E-state index contributed by atoms with van der Waals surface area (Å²) in [6.07, 6.45) is 5.76. The fourth-order valence-electron chi connectivity index (χ4n) is 3.66. The number of nitrogens with one attached hydrogen (secondary N) is 1. The van der Waals surface area contributed by atoms with Gasteiger partial charge in [-0.3, -0.25) is 9.69 Å². The summed E-state index contributed by atoms with van der Waals surface area (Å²) in [5.74, 6) is 0.571. The van der Waals surface area contributed by atoms with Crippen LogP contribution in [-0.4, -0.2) is 35.5 Å². The van der Waals surface area contributed by atoms with E-state index in [1.807, 2.05) is 0 Å². The van der Waals surface area contributed by atoms with Crippen molar-refractivity contribution in [1.82, 2.24) is 10.2 Å². The maximum absolute atomic E-state index is 12.0. The van der Waals surface area contributed by atoms with Gasteiger partial charge in [0.05, 0.1) is 0 Å². The molecule has 2 rings (SSSR count). The molecule has 0 radical (unpaired) electrons. The lowest BCUT2D eigenvalue weighted by molar-refractivity contribution is -0.127. The van der Waals surface area contributed by atoms with Crippen LogP contribution < -0.4 is 5.32 Å². The van der Waals surface area contributed by atoms with Gasteiger partial charge in [-0.1, -0.05) is 6.92 Å². The van der Waals surface area contributed by atoms with Crippen LogP contribution >= 0.6 is 0 Å². The van der Waals surface area contributed by atoms with Gasteiger partial charge in [-0.2, -0.15) is 0 Å². The van der Waals surface area contributed by atoms with Crippen molar-refractivity contribution in [2.24, 2.45) is 5.92 Å². The summed E-state index contributed by atoms with van der Waals surface area (Å²) < 4.78 is 0. The third-order valence-corrected chi connectivity index (χ3v) is 4.31. The van der Waals surface area contributed by atoms with Gasteiger partial charge >= 0.3 is 0 Å². The molecule has 0 aromatic heterocycles. The number of carbonyl (C=O) groups is 1. The summed E-state index contributed by atoms with van der Waals surface area (Å²) in [4.78, 5) is 14.7. The number of amides is 1. The number of carbonyl (C=O) groups excluding carboxylic acids is 1. The molecule has 3 heteroatoms. The Hall–Kier alpha value is -0.570. The maximum atomic E-state index is 12.0. The second kappa shape index (κ2) is 5.38. The minimum atomic E-state index is 0.272. The monoisotopic (exact) mass is 238 g/mol. The van der Waals surface area contributed by atoms with Crippen LogP contribution in [0.25, 0.3) is 0 Å². The molecule has 17 heavy (non-hydrogen) atoms. The molecule has 2 heterocycles. The van der Waals surface area contributed by atoms with Gasteiger partial charge in [-0.05, 0) is 46.0 Å². The van der Waals surface area contributed by atoms with Gasteiger partial charge in [-0.25, -0.2) is 0 Å². The number of rotatable bonds is 4. The quantitative estimate of drug-likeness (QED) is 0.814. The molecule has 1 amide bonds. The predicted octanol–water partition coefficient (Wildman–Crippen LogP) is 2.16. The smallest absolute Gasteiger partial charge is 0.223 e. The van der Waals surface area contributed by atoms with E-state index in [1.165, 1.54) is 12.8 Å². The van der Waals surface area contributed by atoms with Crippen molar-refractivity contribution in [3.05, 3.63) is 0 Å². The largest absolute Gasteiger partial charge is 0.356 e. The van der Waals surface area contributed by atoms with E-state index < -0.39 is 0 Å². The van der Waals surface area contributed by atoms with Crippen LogP contribution in [0.2, 0.25) is 0 Å². The molecular formula is C14H26N2O. The molecule has 0 aromatic carbocycles. The molecule has 0 saturated carbocycles. The molecule has 2 aliphatic rings.